The maximum atomic E-state index is 8.60. The molecule has 4 rings (SSSR count). The topological polar surface area (TPSA) is 123 Å². The number of nitrogens with one attached hydrogen (secondary N) is 2. The molecule has 0 saturated carbocycles. The van der Waals surface area contributed by atoms with E-state index in [0.29, 0.717) is 36.0 Å². The highest BCUT2D eigenvalue weighted by Gasteiger charge is 2.22. The van der Waals surface area contributed by atoms with Gasteiger partial charge in [-0.1, -0.05) is 35.5 Å². The standard InChI is InChI=1S/C19H20N6O2/c20-17(14-10-15(27-25-14)12-4-2-1-3-5-12)16-18(21)22-11-23-19(16)24-13-6-8-26-9-7-13/h1-5,10-11,13,20H,6-9H2,(H3,21,22,23,24). The Morgan fingerprint density at radius 2 is 1.93 bits per heavy atom. The van der Waals surface area contributed by atoms with Gasteiger partial charge in [-0.25, -0.2) is 9.97 Å². The highest BCUT2D eigenvalue weighted by atomic mass is 16.5. The minimum atomic E-state index is 0.119. The Kier molecular flexibility index (Phi) is 4.80. The van der Waals surface area contributed by atoms with Crippen LogP contribution in [0.4, 0.5) is 11.6 Å². The number of aromatic nitrogens is 3. The minimum absolute atomic E-state index is 0.119. The van der Waals surface area contributed by atoms with Crippen LogP contribution in [0.1, 0.15) is 24.1 Å². The predicted octanol–water partition coefficient (Wildman–Crippen LogP) is 2.72. The Labute approximate surface area is 156 Å². The first-order valence-corrected chi connectivity index (χ1v) is 8.78. The van der Waals surface area contributed by atoms with E-state index in [1.165, 1.54) is 6.33 Å². The average molecular weight is 364 g/mol. The summed E-state index contributed by atoms with van der Waals surface area (Å²) in [6.45, 7) is 1.41. The summed E-state index contributed by atoms with van der Waals surface area (Å²) in [5.41, 5.74) is 7.89. The van der Waals surface area contributed by atoms with Gasteiger partial charge in [0.2, 0.25) is 0 Å². The van der Waals surface area contributed by atoms with Crippen molar-refractivity contribution in [1.82, 2.24) is 15.1 Å². The fraction of sp³-hybridized carbons (Fsp3) is 0.263. The Bertz CT molecular complexity index is 934. The Balaban J connectivity index is 1.63. The van der Waals surface area contributed by atoms with Crippen LogP contribution in [-0.2, 0) is 4.74 Å². The lowest BCUT2D eigenvalue weighted by Gasteiger charge is -2.24. The van der Waals surface area contributed by atoms with E-state index in [2.05, 4.69) is 20.4 Å². The molecule has 1 aromatic carbocycles. The molecule has 0 unspecified atom stereocenters. The van der Waals surface area contributed by atoms with Gasteiger partial charge in [-0.2, -0.15) is 0 Å². The summed E-state index contributed by atoms with van der Waals surface area (Å²) in [7, 11) is 0. The lowest BCUT2D eigenvalue weighted by Crippen LogP contribution is -2.29. The molecular weight excluding hydrogens is 344 g/mol. The number of nitrogen functional groups attached to an aromatic ring is 1. The van der Waals surface area contributed by atoms with Crippen LogP contribution in [0.25, 0.3) is 11.3 Å². The molecule has 138 valence electrons. The molecule has 2 aromatic heterocycles. The van der Waals surface area contributed by atoms with E-state index in [9.17, 15) is 0 Å². The summed E-state index contributed by atoms with van der Waals surface area (Å²) < 4.78 is 10.8. The first-order chi connectivity index (χ1) is 13.2. The number of hydrogen-bond acceptors (Lipinski definition) is 8. The van der Waals surface area contributed by atoms with E-state index in [-0.39, 0.29) is 17.6 Å². The van der Waals surface area contributed by atoms with Crippen LogP contribution in [0.3, 0.4) is 0 Å². The summed E-state index contributed by atoms with van der Waals surface area (Å²) >= 11 is 0. The molecule has 1 aliphatic rings. The highest BCUT2D eigenvalue weighted by molar-refractivity contribution is 6.15. The van der Waals surface area contributed by atoms with E-state index < -0.39 is 0 Å². The molecule has 0 aliphatic carbocycles. The van der Waals surface area contributed by atoms with E-state index in [4.69, 9.17) is 20.4 Å². The first kappa shape index (κ1) is 17.2. The minimum Gasteiger partial charge on any atom is -0.383 e. The van der Waals surface area contributed by atoms with Crippen molar-refractivity contribution >= 4 is 17.3 Å². The zero-order valence-corrected chi connectivity index (χ0v) is 14.7. The number of rotatable bonds is 5. The van der Waals surface area contributed by atoms with Gasteiger partial charge in [-0.15, -0.1) is 0 Å². The summed E-state index contributed by atoms with van der Waals surface area (Å²) in [6.07, 6.45) is 3.14. The predicted molar refractivity (Wildman–Crippen MR) is 102 cm³/mol. The Morgan fingerprint density at radius 3 is 2.70 bits per heavy atom. The molecule has 0 amide bonds. The van der Waals surface area contributed by atoms with Crippen molar-refractivity contribution in [2.24, 2.45) is 0 Å². The van der Waals surface area contributed by atoms with E-state index in [1.807, 2.05) is 30.3 Å². The lowest BCUT2D eigenvalue weighted by atomic mass is 10.1. The second-order valence-corrected chi connectivity index (χ2v) is 6.33. The number of ether oxygens (including phenoxy) is 1. The highest BCUT2D eigenvalue weighted by Crippen LogP contribution is 2.26. The normalized spacial score (nSPS) is 14.8. The van der Waals surface area contributed by atoms with Gasteiger partial charge in [0.15, 0.2) is 5.76 Å². The van der Waals surface area contributed by atoms with Crippen molar-refractivity contribution in [3.63, 3.8) is 0 Å². The van der Waals surface area contributed by atoms with Gasteiger partial charge in [0.05, 0.1) is 11.3 Å². The smallest absolute Gasteiger partial charge is 0.167 e. The van der Waals surface area contributed by atoms with Gasteiger partial charge in [0.1, 0.15) is 23.7 Å². The van der Waals surface area contributed by atoms with E-state index in [0.717, 1.165) is 18.4 Å². The maximum Gasteiger partial charge on any atom is 0.167 e. The van der Waals surface area contributed by atoms with Crippen LogP contribution in [0, 0.1) is 5.41 Å². The van der Waals surface area contributed by atoms with Crippen molar-refractivity contribution in [2.75, 3.05) is 24.3 Å². The second kappa shape index (κ2) is 7.55. The third-order valence-corrected chi connectivity index (χ3v) is 4.51. The van der Waals surface area contributed by atoms with Crippen LogP contribution in [0.2, 0.25) is 0 Å². The number of benzene rings is 1. The van der Waals surface area contributed by atoms with Gasteiger partial charge in [0.25, 0.3) is 0 Å². The number of nitrogens with zero attached hydrogens (tertiary/aromatic N) is 3. The fourth-order valence-electron chi connectivity index (χ4n) is 3.05. The fourth-order valence-corrected chi connectivity index (χ4v) is 3.05. The Hall–Kier alpha value is -3.26. The molecule has 0 atom stereocenters. The summed E-state index contributed by atoms with van der Waals surface area (Å²) in [4.78, 5) is 8.35. The van der Waals surface area contributed by atoms with Gasteiger partial charge in [-0.3, -0.25) is 5.41 Å². The molecule has 4 N–H and O–H groups in total. The van der Waals surface area contributed by atoms with Crippen LogP contribution < -0.4 is 11.1 Å². The summed E-state index contributed by atoms with van der Waals surface area (Å²) in [6, 6.07) is 11.6. The molecule has 0 bridgehead atoms. The molecule has 3 aromatic rings. The molecule has 1 saturated heterocycles. The SMILES string of the molecule is N=C(c1cc(-c2ccccc2)on1)c1c(N)ncnc1NC1CCOCC1. The Morgan fingerprint density at radius 1 is 1.15 bits per heavy atom. The quantitative estimate of drug-likeness (QED) is 0.595. The third kappa shape index (κ3) is 3.65. The van der Waals surface area contributed by atoms with Gasteiger partial charge < -0.3 is 20.3 Å². The van der Waals surface area contributed by atoms with E-state index >= 15 is 0 Å². The van der Waals surface area contributed by atoms with Crippen LogP contribution in [0.15, 0.2) is 47.2 Å². The maximum absolute atomic E-state index is 8.60. The number of anilines is 2. The van der Waals surface area contributed by atoms with Gasteiger partial charge in [-0.05, 0) is 12.8 Å². The van der Waals surface area contributed by atoms with Crippen molar-refractivity contribution in [1.29, 1.82) is 5.41 Å². The molecular formula is C19H20N6O2. The molecule has 3 heterocycles. The zero-order chi connectivity index (χ0) is 18.6. The third-order valence-electron chi connectivity index (χ3n) is 4.51. The van der Waals surface area contributed by atoms with E-state index in [1.54, 1.807) is 6.07 Å². The monoisotopic (exact) mass is 364 g/mol. The van der Waals surface area contributed by atoms with Gasteiger partial charge in [0, 0.05) is 30.9 Å². The van der Waals surface area contributed by atoms with Crippen LogP contribution in [0.5, 0.6) is 0 Å². The molecule has 8 heteroatoms. The molecule has 0 spiro atoms. The zero-order valence-electron chi connectivity index (χ0n) is 14.7. The van der Waals surface area contributed by atoms with Gasteiger partial charge >= 0.3 is 0 Å². The average Bonchev–Trinajstić information content (AvgIpc) is 3.20. The molecule has 8 nitrogen and oxygen atoms in total. The molecule has 1 fully saturated rings. The summed E-state index contributed by atoms with van der Waals surface area (Å²) in [5, 5.41) is 16.0. The molecule has 27 heavy (non-hydrogen) atoms. The summed E-state index contributed by atoms with van der Waals surface area (Å²) in [5.74, 6) is 1.35. The van der Waals surface area contributed by atoms with Crippen molar-refractivity contribution in [3.8, 4) is 11.3 Å². The first-order valence-electron chi connectivity index (χ1n) is 8.78. The molecule has 1 aliphatic heterocycles. The number of hydrogen-bond donors (Lipinski definition) is 3. The number of nitrogens with two attached hydrogens (primary N) is 1. The largest absolute Gasteiger partial charge is 0.383 e. The van der Waals surface area contributed by atoms with Crippen LogP contribution >= 0.6 is 0 Å². The van der Waals surface area contributed by atoms with Crippen LogP contribution in [-0.4, -0.2) is 40.1 Å². The molecule has 0 radical (unpaired) electrons. The van der Waals surface area contributed by atoms with Crippen molar-refractivity contribution < 1.29 is 9.26 Å². The second-order valence-electron chi connectivity index (χ2n) is 6.33. The lowest BCUT2D eigenvalue weighted by molar-refractivity contribution is 0.0904. The van der Waals surface area contributed by atoms with Crippen molar-refractivity contribution in [3.05, 3.63) is 54.0 Å². The van der Waals surface area contributed by atoms with Crippen molar-refractivity contribution in [2.45, 2.75) is 18.9 Å².